The lowest BCUT2D eigenvalue weighted by Crippen LogP contribution is -2.47. The molecule has 100 valence electrons. The standard InChI is InChI=1S/C14H27NO2/c1-5-12(4)15(9-14(16)17)13-7-10(2)6-11(3)8-13/h10-13H,5-9H2,1-4H3,(H,16,17). The van der Waals surface area contributed by atoms with Crippen LogP contribution in [0.2, 0.25) is 0 Å². The molecule has 17 heavy (non-hydrogen) atoms. The lowest BCUT2D eigenvalue weighted by atomic mass is 9.79. The van der Waals surface area contributed by atoms with Crippen molar-refractivity contribution in [3.8, 4) is 0 Å². The molecule has 3 heteroatoms. The molecule has 1 N–H and O–H groups in total. The van der Waals surface area contributed by atoms with Crippen molar-refractivity contribution < 1.29 is 9.90 Å². The highest BCUT2D eigenvalue weighted by Gasteiger charge is 2.31. The summed E-state index contributed by atoms with van der Waals surface area (Å²) < 4.78 is 0. The van der Waals surface area contributed by atoms with Crippen molar-refractivity contribution in [2.24, 2.45) is 11.8 Å². The zero-order valence-electron chi connectivity index (χ0n) is 11.6. The predicted molar refractivity (Wildman–Crippen MR) is 70.1 cm³/mol. The molecule has 0 spiro atoms. The van der Waals surface area contributed by atoms with E-state index in [1.165, 1.54) is 6.42 Å². The summed E-state index contributed by atoms with van der Waals surface area (Å²) >= 11 is 0. The number of aliphatic carboxylic acids is 1. The highest BCUT2D eigenvalue weighted by molar-refractivity contribution is 5.69. The molecule has 3 nitrogen and oxygen atoms in total. The summed E-state index contributed by atoms with van der Waals surface area (Å²) in [5.41, 5.74) is 0. The topological polar surface area (TPSA) is 40.5 Å². The maximum atomic E-state index is 11.0. The fourth-order valence-electron chi connectivity index (χ4n) is 3.21. The van der Waals surface area contributed by atoms with Crippen LogP contribution in [0.4, 0.5) is 0 Å². The molecular weight excluding hydrogens is 214 g/mol. The summed E-state index contributed by atoms with van der Waals surface area (Å²) in [6, 6.07) is 0.827. The van der Waals surface area contributed by atoms with Crippen LogP contribution >= 0.6 is 0 Å². The zero-order valence-corrected chi connectivity index (χ0v) is 11.6. The van der Waals surface area contributed by atoms with Crippen LogP contribution in [0.1, 0.15) is 53.4 Å². The van der Waals surface area contributed by atoms with Gasteiger partial charge in [-0.3, -0.25) is 9.69 Å². The molecule has 0 amide bonds. The lowest BCUT2D eigenvalue weighted by Gasteiger charge is -2.41. The third kappa shape index (κ3) is 4.30. The van der Waals surface area contributed by atoms with Crippen LogP contribution in [0.3, 0.4) is 0 Å². The molecule has 0 bridgehead atoms. The van der Waals surface area contributed by atoms with Crippen LogP contribution in [0.25, 0.3) is 0 Å². The molecule has 0 aromatic heterocycles. The van der Waals surface area contributed by atoms with Gasteiger partial charge in [-0.1, -0.05) is 20.8 Å². The van der Waals surface area contributed by atoms with Crippen molar-refractivity contribution in [3.05, 3.63) is 0 Å². The van der Waals surface area contributed by atoms with E-state index in [0.717, 1.165) is 31.1 Å². The lowest BCUT2D eigenvalue weighted by molar-refractivity contribution is -0.140. The van der Waals surface area contributed by atoms with Crippen molar-refractivity contribution in [1.29, 1.82) is 0 Å². The number of hydrogen-bond donors (Lipinski definition) is 1. The van der Waals surface area contributed by atoms with Crippen LogP contribution < -0.4 is 0 Å². The molecule has 1 rings (SSSR count). The van der Waals surface area contributed by atoms with Gasteiger partial charge in [-0.2, -0.15) is 0 Å². The van der Waals surface area contributed by atoms with Gasteiger partial charge in [-0.05, 0) is 44.4 Å². The Morgan fingerprint density at radius 3 is 2.24 bits per heavy atom. The van der Waals surface area contributed by atoms with Crippen LogP contribution in [0.15, 0.2) is 0 Å². The van der Waals surface area contributed by atoms with Gasteiger partial charge in [0.25, 0.3) is 0 Å². The number of hydrogen-bond acceptors (Lipinski definition) is 2. The summed E-state index contributed by atoms with van der Waals surface area (Å²) in [6.45, 7) is 9.05. The molecule has 0 saturated heterocycles. The summed E-state index contributed by atoms with van der Waals surface area (Å²) in [5, 5.41) is 9.05. The van der Waals surface area contributed by atoms with Gasteiger partial charge in [0.05, 0.1) is 6.54 Å². The largest absolute Gasteiger partial charge is 0.480 e. The Morgan fingerprint density at radius 2 is 1.82 bits per heavy atom. The van der Waals surface area contributed by atoms with E-state index in [4.69, 9.17) is 5.11 Å². The van der Waals surface area contributed by atoms with Gasteiger partial charge in [-0.15, -0.1) is 0 Å². The maximum Gasteiger partial charge on any atom is 0.317 e. The first-order valence-corrected chi connectivity index (χ1v) is 6.91. The summed E-state index contributed by atoms with van der Waals surface area (Å²) in [6.07, 6.45) is 4.62. The first-order valence-electron chi connectivity index (χ1n) is 6.91. The minimum Gasteiger partial charge on any atom is -0.480 e. The van der Waals surface area contributed by atoms with Gasteiger partial charge in [0.1, 0.15) is 0 Å². The molecular formula is C14H27NO2. The van der Waals surface area contributed by atoms with Gasteiger partial charge in [0, 0.05) is 12.1 Å². The fourth-order valence-corrected chi connectivity index (χ4v) is 3.21. The Labute approximate surface area is 105 Å². The number of carboxylic acids is 1. The molecule has 3 unspecified atom stereocenters. The molecule has 0 radical (unpaired) electrons. The number of carbonyl (C=O) groups is 1. The molecule has 1 aliphatic carbocycles. The van der Waals surface area contributed by atoms with Crippen molar-refractivity contribution in [1.82, 2.24) is 4.90 Å². The smallest absolute Gasteiger partial charge is 0.317 e. The van der Waals surface area contributed by atoms with Crippen molar-refractivity contribution in [2.45, 2.75) is 65.5 Å². The Kier molecular flexibility index (Phi) is 5.44. The van der Waals surface area contributed by atoms with Gasteiger partial charge in [0.15, 0.2) is 0 Å². The third-order valence-electron chi connectivity index (χ3n) is 4.10. The third-order valence-corrected chi connectivity index (χ3v) is 4.10. The van der Waals surface area contributed by atoms with Crippen LogP contribution in [-0.4, -0.2) is 34.6 Å². The van der Waals surface area contributed by atoms with Crippen LogP contribution in [-0.2, 0) is 4.79 Å². The fraction of sp³-hybridized carbons (Fsp3) is 0.929. The van der Waals surface area contributed by atoms with Crippen molar-refractivity contribution >= 4 is 5.97 Å². The molecule has 1 aliphatic rings. The van der Waals surface area contributed by atoms with E-state index in [-0.39, 0.29) is 6.54 Å². The Morgan fingerprint density at radius 1 is 1.29 bits per heavy atom. The average Bonchev–Trinajstić information content (AvgIpc) is 2.23. The zero-order chi connectivity index (χ0) is 13.0. The predicted octanol–water partition coefficient (Wildman–Crippen LogP) is 3.00. The van der Waals surface area contributed by atoms with E-state index in [2.05, 4.69) is 32.6 Å². The van der Waals surface area contributed by atoms with Crippen molar-refractivity contribution in [2.75, 3.05) is 6.54 Å². The SMILES string of the molecule is CCC(C)N(CC(=O)O)C1CC(C)CC(C)C1. The maximum absolute atomic E-state index is 11.0. The second kappa shape index (κ2) is 6.39. The second-order valence-corrected chi connectivity index (χ2v) is 5.89. The van der Waals surface area contributed by atoms with Gasteiger partial charge >= 0.3 is 5.97 Å². The number of carboxylic acid groups (broad SMARTS) is 1. The normalized spacial score (nSPS) is 31.5. The minimum absolute atomic E-state index is 0.194. The second-order valence-electron chi connectivity index (χ2n) is 5.89. The molecule has 3 atom stereocenters. The Balaban J connectivity index is 2.70. The Bertz CT molecular complexity index is 245. The molecule has 1 saturated carbocycles. The summed E-state index contributed by atoms with van der Waals surface area (Å²) in [5.74, 6) is 0.754. The van der Waals surface area contributed by atoms with Crippen LogP contribution in [0, 0.1) is 11.8 Å². The van der Waals surface area contributed by atoms with Crippen LogP contribution in [0.5, 0.6) is 0 Å². The molecule has 0 aromatic carbocycles. The molecule has 1 fully saturated rings. The minimum atomic E-state index is -0.698. The van der Waals surface area contributed by atoms with E-state index < -0.39 is 5.97 Å². The summed E-state index contributed by atoms with van der Waals surface area (Å²) in [7, 11) is 0. The summed E-state index contributed by atoms with van der Waals surface area (Å²) in [4.78, 5) is 13.2. The average molecular weight is 241 g/mol. The molecule has 0 heterocycles. The first-order chi connectivity index (χ1) is 7.93. The first kappa shape index (κ1) is 14.5. The molecule has 0 aliphatic heterocycles. The van der Waals surface area contributed by atoms with Crippen molar-refractivity contribution in [3.63, 3.8) is 0 Å². The van der Waals surface area contributed by atoms with Gasteiger partial charge in [0.2, 0.25) is 0 Å². The Hall–Kier alpha value is -0.570. The van der Waals surface area contributed by atoms with Gasteiger partial charge < -0.3 is 5.11 Å². The quantitative estimate of drug-likeness (QED) is 0.804. The highest BCUT2D eigenvalue weighted by Crippen LogP contribution is 2.32. The van der Waals surface area contributed by atoms with Gasteiger partial charge in [-0.25, -0.2) is 0 Å². The number of rotatable bonds is 5. The highest BCUT2D eigenvalue weighted by atomic mass is 16.4. The van der Waals surface area contributed by atoms with E-state index in [1.807, 2.05) is 0 Å². The molecule has 0 aromatic rings. The van der Waals surface area contributed by atoms with E-state index in [0.29, 0.717) is 12.1 Å². The van der Waals surface area contributed by atoms with E-state index in [9.17, 15) is 4.79 Å². The number of nitrogens with zero attached hydrogens (tertiary/aromatic N) is 1. The van der Waals surface area contributed by atoms with E-state index >= 15 is 0 Å². The monoisotopic (exact) mass is 241 g/mol. The van der Waals surface area contributed by atoms with E-state index in [1.54, 1.807) is 0 Å².